The predicted octanol–water partition coefficient (Wildman–Crippen LogP) is 4.01. The highest BCUT2D eigenvalue weighted by Crippen LogP contribution is 2.36. The minimum atomic E-state index is -0.353. The number of hydrogen-bond donors (Lipinski definition) is 1. The Morgan fingerprint density at radius 3 is 2.44 bits per heavy atom. The highest BCUT2D eigenvalue weighted by molar-refractivity contribution is 6.17. The van der Waals surface area contributed by atoms with Gasteiger partial charge in [0.05, 0.1) is 6.10 Å². The highest BCUT2D eigenvalue weighted by Gasteiger charge is 2.19. The Morgan fingerprint density at radius 2 is 1.94 bits per heavy atom. The summed E-state index contributed by atoms with van der Waals surface area (Å²) < 4.78 is 0. The second-order valence-electron chi connectivity index (χ2n) is 4.64. The third kappa shape index (κ3) is 2.78. The van der Waals surface area contributed by atoms with Crippen molar-refractivity contribution in [1.82, 2.24) is 0 Å². The molecule has 0 saturated heterocycles. The van der Waals surface area contributed by atoms with Gasteiger partial charge in [0.25, 0.3) is 0 Å². The predicted molar refractivity (Wildman–Crippen MR) is 67.9 cm³/mol. The molecule has 1 unspecified atom stereocenters. The molecule has 1 aliphatic carbocycles. The van der Waals surface area contributed by atoms with Crippen molar-refractivity contribution in [3.05, 3.63) is 35.4 Å². The van der Waals surface area contributed by atoms with Gasteiger partial charge in [0.15, 0.2) is 0 Å². The van der Waals surface area contributed by atoms with Crippen LogP contribution < -0.4 is 0 Å². The van der Waals surface area contributed by atoms with Crippen LogP contribution in [-0.4, -0.2) is 11.0 Å². The van der Waals surface area contributed by atoms with Gasteiger partial charge in [-0.25, -0.2) is 0 Å². The average Bonchev–Trinajstić information content (AvgIpc) is 2.24. The second-order valence-corrected chi connectivity index (χ2v) is 5.02. The Hall–Kier alpha value is -0.530. The molecule has 88 valence electrons. The van der Waals surface area contributed by atoms with Crippen molar-refractivity contribution in [2.75, 3.05) is 5.88 Å². The van der Waals surface area contributed by atoms with Gasteiger partial charge < -0.3 is 5.11 Å². The minimum absolute atomic E-state index is 0.353. The Balaban J connectivity index is 1.95. The van der Waals surface area contributed by atoms with Gasteiger partial charge in [-0.05, 0) is 42.7 Å². The van der Waals surface area contributed by atoms with Gasteiger partial charge in [-0.15, -0.1) is 11.6 Å². The van der Waals surface area contributed by atoms with Crippen LogP contribution in [0.1, 0.15) is 55.3 Å². The van der Waals surface area contributed by atoms with Crippen LogP contribution in [0.3, 0.4) is 0 Å². The lowest BCUT2D eigenvalue weighted by Crippen LogP contribution is -2.08. The number of aliphatic hydroxyl groups is 1. The first-order chi connectivity index (χ1) is 7.81. The van der Waals surface area contributed by atoms with E-state index in [1.165, 1.54) is 24.8 Å². The molecule has 1 N–H and O–H groups in total. The summed E-state index contributed by atoms with van der Waals surface area (Å²) >= 11 is 5.62. The second kappa shape index (κ2) is 5.70. The summed E-state index contributed by atoms with van der Waals surface area (Å²) in [5.41, 5.74) is 2.45. The molecule has 1 fully saturated rings. The van der Waals surface area contributed by atoms with Gasteiger partial charge in [0.1, 0.15) is 0 Å². The van der Waals surface area contributed by atoms with Crippen molar-refractivity contribution in [3.8, 4) is 0 Å². The van der Waals surface area contributed by atoms with Crippen LogP contribution >= 0.6 is 11.6 Å². The zero-order chi connectivity index (χ0) is 11.4. The van der Waals surface area contributed by atoms with E-state index >= 15 is 0 Å². The van der Waals surface area contributed by atoms with E-state index < -0.39 is 0 Å². The molecule has 0 amide bonds. The lowest BCUT2D eigenvalue weighted by atomic mass is 9.80. The fraction of sp³-hybridized carbons (Fsp3) is 0.571. The molecule has 1 aromatic carbocycles. The molecule has 0 heterocycles. The molecular weight excluding hydrogens is 220 g/mol. The summed E-state index contributed by atoms with van der Waals surface area (Å²) in [6, 6.07) is 8.46. The molecule has 0 bridgehead atoms. The molecule has 0 spiro atoms. The molecule has 2 heteroatoms. The van der Waals surface area contributed by atoms with Gasteiger partial charge in [-0.2, -0.15) is 0 Å². The maximum Gasteiger partial charge on any atom is 0.0790 e. The highest BCUT2D eigenvalue weighted by atomic mass is 35.5. The van der Waals surface area contributed by atoms with Crippen LogP contribution in [0.4, 0.5) is 0 Å². The molecule has 0 aromatic heterocycles. The molecule has 1 atom stereocenters. The third-order valence-electron chi connectivity index (χ3n) is 3.51. The zero-order valence-electron chi connectivity index (χ0n) is 9.53. The van der Waals surface area contributed by atoms with E-state index in [2.05, 4.69) is 24.3 Å². The van der Waals surface area contributed by atoms with E-state index in [4.69, 9.17) is 11.6 Å². The van der Waals surface area contributed by atoms with Crippen molar-refractivity contribution in [1.29, 1.82) is 0 Å². The van der Waals surface area contributed by atoms with E-state index in [9.17, 15) is 5.11 Å². The normalized spacial score (nSPS) is 18.1. The molecule has 0 radical (unpaired) electrons. The number of alkyl halides is 1. The fourth-order valence-electron chi connectivity index (χ4n) is 2.17. The van der Waals surface area contributed by atoms with E-state index in [0.717, 1.165) is 24.3 Å². The quantitative estimate of drug-likeness (QED) is 0.769. The first-order valence-corrected chi connectivity index (χ1v) is 6.68. The van der Waals surface area contributed by atoms with Crippen LogP contribution in [0.2, 0.25) is 0 Å². The van der Waals surface area contributed by atoms with Crippen LogP contribution in [0.5, 0.6) is 0 Å². The maximum absolute atomic E-state index is 9.89. The molecule has 0 aliphatic heterocycles. The summed E-state index contributed by atoms with van der Waals surface area (Å²) in [4.78, 5) is 0. The summed E-state index contributed by atoms with van der Waals surface area (Å²) in [6.45, 7) is 0. The van der Waals surface area contributed by atoms with E-state index in [1.807, 2.05) is 0 Å². The van der Waals surface area contributed by atoms with Crippen LogP contribution in [0, 0.1) is 0 Å². The molecule has 1 nitrogen and oxygen atoms in total. The Labute approximate surface area is 102 Å². The topological polar surface area (TPSA) is 20.2 Å². The van der Waals surface area contributed by atoms with E-state index in [0.29, 0.717) is 5.88 Å². The van der Waals surface area contributed by atoms with Crippen molar-refractivity contribution >= 4 is 11.6 Å². The number of hydrogen-bond acceptors (Lipinski definition) is 1. The number of halogens is 1. The van der Waals surface area contributed by atoms with E-state index in [1.54, 1.807) is 0 Å². The molecule has 1 saturated carbocycles. The van der Waals surface area contributed by atoms with Crippen molar-refractivity contribution in [2.24, 2.45) is 0 Å². The molecule has 2 rings (SSSR count). The van der Waals surface area contributed by atoms with Crippen molar-refractivity contribution < 1.29 is 5.11 Å². The van der Waals surface area contributed by atoms with Crippen LogP contribution in [0.15, 0.2) is 24.3 Å². The minimum Gasteiger partial charge on any atom is -0.388 e. The van der Waals surface area contributed by atoms with Gasteiger partial charge in [-0.1, -0.05) is 30.7 Å². The lowest BCUT2D eigenvalue weighted by Gasteiger charge is -2.26. The SMILES string of the molecule is OC(CCCCl)c1ccc(C2CCC2)cc1. The van der Waals surface area contributed by atoms with Crippen LogP contribution in [-0.2, 0) is 0 Å². The summed E-state index contributed by atoms with van der Waals surface area (Å²) in [7, 11) is 0. The maximum atomic E-state index is 9.89. The fourth-order valence-corrected chi connectivity index (χ4v) is 2.32. The van der Waals surface area contributed by atoms with Crippen LogP contribution in [0.25, 0.3) is 0 Å². The van der Waals surface area contributed by atoms with E-state index in [-0.39, 0.29) is 6.10 Å². The molecule has 1 aliphatic rings. The van der Waals surface area contributed by atoms with Gasteiger partial charge in [0, 0.05) is 5.88 Å². The summed E-state index contributed by atoms with van der Waals surface area (Å²) in [5, 5.41) is 9.89. The van der Waals surface area contributed by atoms with Gasteiger partial charge in [0.2, 0.25) is 0 Å². The largest absolute Gasteiger partial charge is 0.388 e. The van der Waals surface area contributed by atoms with Gasteiger partial charge in [-0.3, -0.25) is 0 Å². The third-order valence-corrected chi connectivity index (χ3v) is 3.78. The van der Waals surface area contributed by atoms with Crippen molar-refractivity contribution in [2.45, 2.75) is 44.1 Å². The Morgan fingerprint density at radius 1 is 1.25 bits per heavy atom. The van der Waals surface area contributed by atoms with Gasteiger partial charge >= 0.3 is 0 Å². The Bertz CT molecular complexity index is 316. The Kier molecular flexibility index (Phi) is 4.25. The number of aliphatic hydroxyl groups excluding tert-OH is 1. The molecular formula is C14H19ClO. The van der Waals surface area contributed by atoms with Crippen molar-refractivity contribution in [3.63, 3.8) is 0 Å². The first kappa shape index (κ1) is 11.9. The smallest absolute Gasteiger partial charge is 0.0790 e. The molecule has 1 aromatic rings. The first-order valence-electron chi connectivity index (χ1n) is 6.15. The zero-order valence-corrected chi connectivity index (χ0v) is 10.3. The summed E-state index contributed by atoms with van der Waals surface area (Å²) in [5.74, 6) is 1.39. The average molecular weight is 239 g/mol. The lowest BCUT2D eigenvalue weighted by molar-refractivity contribution is 0.166. The monoisotopic (exact) mass is 238 g/mol. The number of rotatable bonds is 5. The standard InChI is InChI=1S/C14H19ClO/c15-10-2-5-14(16)13-8-6-12(7-9-13)11-3-1-4-11/h6-9,11,14,16H,1-5,10H2. The molecule has 16 heavy (non-hydrogen) atoms. The number of benzene rings is 1. The summed E-state index contributed by atoms with van der Waals surface area (Å²) in [6.07, 6.45) is 5.29.